The van der Waals surface area contributed by atoms with Crippen LogP contribution in [0.25, 0.3) is 0 Å². The van der Waals surface area contributed by atoms with E-state index in [-0.39, 0.29) is 15.5 Å². The van der Waals surface area contributed by atoms with Gasteiger partial charge in [0.25, 0.3) is 10.0 Å². The van der Waals surface area contributed by atoms with Gasteiger partial charge in [-0.1, -0.05) is 6.07 Å². The SMILES string of the molecule is Cc1ccc(C#N)cc1NS(=O)(=O)c1ccsc1C(=O)O. The van der Waals surface area contributed by atoms with Gasteiger partial charge in [0.1, 0.15) is 9.77 Å². The molecular formula is C13H10N2O4S2. The summed E-state index contributed by atoms with van der Waals surface area (Å²) in [6, 6.07) is 7.74. The summed E-state index contributed by atoms with van der Waals surface area (Å²) >= 11 is 0.836. The second-order valence-corrected chi connectivity index (χ2v) is 6.73. The molecule has 0 radical (unpaired) electrons. The van der Waals surface area contributed by atoms with E-state index >= 15 is 0 Å². The molecule has 0 bridgehead atoms. The summed E-state index contributed by atoms with van der Waals surface area (Å²) in [4.78, 5) is 10.5. The van der Waals surface area contributed by atoms with E-state index < -0.39 is 16.0 Å². The number of sulfonamides is 1. The molecular weight excluding hydrogens is 312 g/mol. The largest absolute Gasteiger partial charge is 0.477 e. The van der Waals surface area contributed by atoms with Crippen molar-refractivity contribution in [3.63, 3.8) is 0 Å². The van der Waals surface area contributed by atoms with Crippen molar-refractivity contribution < 1.29 is 18.3 Å². The van der Waals surface area contributed by atoms with Gasteiger partial charge in [0, 0.05) is 0 Å². The molecule has 0 unspecified atom stereocenters. The number of carboxylic acid groups (broad SMARTS) is 1. The summed E-state index contributed by atoms with van der Waals surface area (Å²) in [5.41, 5.74) is 1.18. The monoisotopic (exact) mass is 322 g/mol. The molecule has 0 amide bonds. The molecule has 0 saturated heterocycles. The Bertz CT molecular complexity index is 847. The Labute approximate surface area is 125 Å². The number of nitrogens with zero attached hydrogens (tertiary/aromatic N) is 1. The van der Waals surface area contributed by atoms with E-state index in [9.17, 15) is 13.2 Å². The Hall–Kier alpha value is -2.37. The fourth-order valence-electron chi connectivity index (χ4n) is 1.67. The summed E-state index contributed by atoms with van der Waals surface area (Å²) < 4.78 is 26.9. The average molecular weight is 322 g/mol. The van der Waals surface area contributed by atoms with Crippen LogP contribution in [0.2, 0.25) is 0 Å². The number of nitriles is 1. The first-order valence-corrected chi connectivity index (χ1v) is 8.06. The van der Waals surface area contributed by atoms with E-state index in [1.54, 1.807) is 19.1 Å². The molecule has 0 fully saturated rings. The number of aryl methyl sites for hydroxylation is 1. The third-order valence-corrected chi connectivity index (χ3v) is 5.16. The molecule has 0 atom stereocenters. The Balaban J connectivity index is 2.45. The summed E-state index contributed by atoms with van der Waals surface area (Å²) in [6.45, 7) is 1.69. The van der Waals surface area contributed by atoms with Crippen molar-refractivity contribution in [3.05, 3.63) is 45.6 Å². The van der Waals surface area contributed by atoms with Crippen molar-refractivity contribution in [2.24, 2.45) is 0 Å². The molecule has 2 N–H and O–H groups in total. The highest BCUT2D eigenvalue weighted by Crippen LogP contribution is 2.26. The lowest BCUT2D eigenvalue weighted by molar-refractivity contribution is 0.0698. The van der Waals surface area contributed by atoms with E-state index in [0.29, 0.717) is 11.1 Å². The van der Waals surface area contributed by atoms with Gasteiger partial charge in [-0.2, -0.15) is 5.26 Å². The van der Waals surface area contributed by atoms with Crippen LogP contribution in [0.3, 0.4) is 0 Å². The first-order valence-electron chi connectivity index (χ1n) is 5.69. The standard InChI is InChI=1S/C13H10N2O4S2/c1-8-2-3-9(7-14)6-10(8)15-21(18,19)11-4-5-20-12(11)13(16)17/h2-6,15H,1H3,(H,16,17). The van der Waals surface area contributed by atoms with Gasteiger partial charge in [0.2, 0.25) is 0 Å². The molecule has 1 aromatic carbocycles. The van der Waals surface area contributed by atoms with Gasteiger partial charge in [-0.05, 0) is 36.1 Å². The smallest absolute Gasteiger partial charge is 0.347 e. The lowest BCUT2D eigenvalue weighted by Gasteiger charge is -2.10. The predicted octanol–water partition coefficient (Wildman–Crippen LogP) is 2.43. The van der Waals surface area contributed by atoms with Crippen LogP contribution in [0.1, 0.15) is 20.8 Å². The minimum absolute atomic E-state index is 0.247. The van der Waals surface area contributed by atoms with Crippen LogP contribution in [0, 0.1) is 18.3 Å². The molecule has 2 aromatic rings. The number of aromatic carboxylic acids is 1. The van der Waals surface area contributed by atoms with Gasteiger partial charge in [0.05, 0.1) is 17.3 Å². The number of nitrogens with one attached hydrogen (secondary N) is 1. The molecule has 21 heavy (non-hydrogen) atoms. The van der Waals surface area contributed by atoms with E-state index in [1.807, 2.05) is 6.07 Å². The first kappa shape index (κ1) is 15.0. The van der Waals surface area contributed by atoms with Crippen molar-refractivity contribution >= 4 is 33.0 Å². The van der Waals surface area contributed by atoms with Crippen molar-refractivity contribution in [2.45, 2.75) is 11.8 Å². The Morgan fingerprint density at radius 2 is 2.10 bits per heavy atom. The summed E-state index contributed by atoms with van der Waals surface area (Å²) in [6.07, 6.45) is 0. The molecule has 0 aliphatic heterocycles. The van der Waals surface area contributed by atoms with Crippen molar-refractivity contribution in [1.82, 2.24) is 0 Å². The van der Waals surface area contributed by atoms with Crippen LogP contribution >= 0.6 is 11.3 Å². The van der Waals surface area contributed by atoms with Gasteiger partial charge >= 0.3 is 5.97 Å². The second kappa shape index (κ2) is 5.55. The highest BCUT2D eigenvalue weighted by atomic mass is 32.2. The molecule has 108 valence electrons. The number of benzene rings is 1. The van der Waals surface area contributed by atoms with E-state index in [0.717, 1.165) is 11.3 Å². The third-order valence-electron chi connectivity index (χ3n) is 2.72. The highest BCUT2D eigenvalue weighted by Gasteiger charge is 2.24. The Morgan fingerprint density at radius 1 is 1.38 bits per heavy atom. The molecule has 1 aromatic heterocycles. The number of carbonyl (C=O) groups is 1. The fraction of sp³-hybridized carbons (Fsp3) is 0.0769. The van der Waals surface area contributed by atoms with Gasteiger partial charge in [-0.3, -0.25) is 4.72 Å². The zero-order chi connectivity index (χ0) is 15.6. The minimum atomic E-state index is -4.02. The quantitative estimate of drug-likeness (QED) is 0.899. The summed E-state index contributed by atoms with van der Waals surface area (Å²) in [5, 5.41) is 19.2. The molecule has 8 heteroatoms. The average Bonchev–Trinajstić information content (AvgIpc) is 2.91. The number of carboxylic acids is 1. The zero-order valence-electron chi connectivity index (χ0n) is 10.8. The van der Waals surface area contributed by atoms with Gasteiger partial charge in [-0.15, -0.1) is 11.3 Å². The van der Waals surface area contributed by atoms with Gasteiger partial charge in [-0.25, -0.2) is 13.2 Å². The minimum Gasteiger partial charge on any atom is -0.477 e. The van der Waals surface area contributed by atoms with Crippen LogP contribution in [0.5, 0.6) is 0 Å². The first-order chi connectivity index (χ1) is 9.85. The normalized spacial score (nSPS) is 10.9. The van der Waals surface area contributed by atoms with Crippen LogP contribution in [0.15, 0.2) is 34.5 Å². The van der Waals surface area contributed by atoms with Crippen LogP contribution in [0.4, 0.5) is 5.69 Å². The molecule has 6 nitrogen and oxygen atoms in total. The van der Waals surface area contributed by atoms with Gasteiger partial charge in [0.15, 0.2) is 0 Å². The van der Waals surface area contributed by atoms with Crippen LogP contribution < -0.4 is 4.72 Å². The van der Waals surface area contributed by atoms with E-state index in [1.165, 1.54) is 17.5 Å². The maximum atomic E-state index is 12.3. The summed E-state index contributed by atoms with van der Waals surface area (Å²) in [7, 11) is -4.02. The highest BCUT2D eigenvalue weighted by molar-refractivity contribution is 7.93. The van der Waals surface area contributed by atoms with Crippen LogP contribution in [-0.4, -0.2) is 19.5 Å². The number of hydrogen-bond acceptors (Lipinski definition) is 5. The van der Waals surface area contributed by atoms with Crippen LogP contribution in [-0.2, 0) is 10.0 Å². The predicted molar refractivity (Wildman–Crippen MR) is 78.0 cm³/mol. The second-order valence-electron chi connectivity index (χ2n) is 4.17. The Kier molecular flexibility index (Phi) is 3.97. The fourth-order valence-corrected chi connectivity index (χ4v) is 4.05. The third kappa shape index (κ3) is 3.04. The zero-order valence-corrected chi connectivity index (χ0v) is 12.5. The molecule has 0 aliphatic rings. The maximum Gasteiger partial charge on any atom is 0.347 e. The summed E-state index contributed by atoms with van der Waals surface area (Å²) in [5.74, 6) is -1.30. The van der Waals surface area contributed by atoms with Gasteiger partial charge < -0.3 is 5.11 Å². The maximum absolute atomic E-state index is 12.3. The topological polar surface area (TPSA) is 107 Å². The van der Waals surface area contributed by atoms with Crippen molar-refractivity contribution in [1.29, 1.82) is 5.26 Å². The van der Waals surface area contributed by atoms with Crippen molar-refractivity contribution in [3.8, 4) is 6.07 Å². The van der Waals surface area contributed by atoms with E-state index in [2.05, 4.69) is 4.72 Å². The lowest BCUT2D eigenvalue weighted by Crippen LogP contribution is -2.16. The molecule has 0 aliphatic carbocycles. The lowest BCUT2D eigenvalue weighted by atomic mass is 10.1. The molecule has 0 spiro atoms. The Morgan fingerprint density at radius 3 is 2.71 bits per heavy atom. The van der Waals surface area contributed by atoms with Crippen molar-refractivity contribution in [2.75, 3.05) is 4.72 Å². The molecule has 1 heterocycles. The van der Waals surface area contributed by atoms with E-state index in [4.69, 9.17) is 10.4 Å². The number of rotatable bonds is 4. The molecule has 2 rings (SSSR count). The number of thiophene rings is 1. The molecule has 0 saturated carbocycles. The number of anilines is 1. The number of hydrogen-bond donors (Lipinski definition) is 2.